The van der Waals surface area contributed by atoms with E-state index in [-0.39, 0.29) is 26.2 Å². The summed E-state index contributed by atoms with van der Waals surface area (Å²) in [7, 11) is -4.56. The van der Waals surface area contributed by atoms with Gasteiger partial charge in [-0.2, -0.15) is 17.4 Å². The van der Waals surface area contributed by atoms with Gasteiger partial charge in [-0.05, 0) is 28.7 Å². The van der Waals surface area contributed by atoms with E-state index < -0.39 is 28.3 Å². The summed E-state index contributed by atoms with van der Waals surface area (Å²) in [5.74, 6) is -0.770. The van der Waals surface area contributed by atoms with Gasteiger partial charge in [-0.15, -0.1) is 0 Å². The zero-order valence-corrected chi connectivity index (χ0v) is 22.6. The maximum Gasteiger partial charge on any atom is 0.425 e. The summed E-state index contributed by atoms with van der Waals surface area (Å²) in [5.41, 5.74) is 2.74. The first kappa shape index (κ1) is 28.5. The van der Waals surface area contributed by atoms with E-state index in [0.29, 0.717) is 21.0 Å². The topological polar surface area (TPSA) is 102 Å². The molecule has 0 heterocycles. The highest BCUT2D eigenvalue weighted by Gasteiger charge is 2.34. The first-order chi connectivity index (χ1) is 19.4. The van der Waals surface area contributed by atoms with Crippen LogP contribution in [0.5, 0.6) is 0 Å². The van der Waals surface area contributed by atoms with Crippen LogP contribution in [0.3, 0.4) is 0 Å². The molecule has 1 atom stereocenters. The maximum absolute atomic E-state index is 13.7. The Labute approximate surface area is 234 Å². The van der Waals surface area contributed by atoms with E-state index in [1.54, 1.807) is 91.0 Å². The number of carbonyl (C=O) groups excluding carboxylic acids is 2. The number of ether oxygens (including phenoxy) is 2. The van der Waals surface area contributed by atoms with Gasteiger partial charge in [-0.3, -0.25) is 4.79 Å². The molecular weight excluding hydrogens is 528 g/mol. The van der Waals surface area contributed by atoms with Crippen LogP contribution in [-0.2, 0) is 50.7 Å². The van der Waals surface area contributed by atoms with Crippen molar-refractivity contribution < 1.29 is 27.5 Å². The minimum atomic E-state index is -4.56. The van der Waals surface area contributed by atoms with Gasteiger partial charge in [-0.25, -0.2) is 4.79 Å². The lowest BCUT2D eigenvalue weighted by atomic mass is 10.1. The first-order valence-electron chi connectivity index (χ1n) is 12.7. The molecule has 4 rings (SSSR count). The Morgan fingerprint density at radius 1 is 0.625 bits per heavy atom. The average Bonchev–Trinajstić information content (AvgIpc) is 2.99. The molecule has 9 heteroatoms. The number of nitrogens with zero attached hydrogens (tertiary/aromatic N) is 1. The third kappa shape index (κ3) is 8.52. The molecule has 206 valence electrons. The second kappa shape index (κ2) is 14.1. The number of esters is 1. The summed E-state index contributed by atoms with van der Waals surface area (Å²) >= 11 is 0. The van der Waals surface area contributed by atoms with E-state index in [9.17, 15) is 18.0 Å². The molecule has 1 N–H and O–H groups in total. The van der Waals surface area contributed by atoms with Gasteiger partial charge in [-0.1, -0.05) is 121 Å². The Hall–Kier alpha value is -4.47. The van der Waals surface area contributed by atoms with Crippen molar-refractivity contribution in [3.05, 3.63) is 144 Å². The molecule has 0 bridgehead atoms. The summed E-state index contributed by atoms with van der Waals surface area (Å²) in [6.45, 7) is -0.437. The van der Waals surface area contributed by atoms with E-state index >= 15 is 0 Å². The zero-order valence-electron chi connectivity index (χ0n) is 21.8. The van der Waals surface area contributed by atoms with Crippen LogP contribution in [-0.4, -0.2) is 30.8 Å². The third-order valence-corrected chi connectivity index (χ3v) is 7.39. The van der Waals surface area contributed by atoms with Crippen LogP contribution in [0.25, 0.3) is 0 Å². The van der Waals surface area contributed by atoms with Crippen molar-refractivity contribution in [2.24, 2.45) is 0 Å². The molecule has 40 heavy (non-hydrogen) atoms. The number of carbonyl (C=O) groups is 2. The van der Waals surface area contributed by atoms with Gasteiger partial charge < -0.3 is 9.47 Å². The zero-order chi connectivity index (χ0) is 28.2. The minimum absolute atomic E-state index is 0.0198. The molecule has 4 aromatic carbocycles. The predicted molar refractivity (Wildman–Crippen MR) is 151 cm³/mol. The van der Waals surface area contributed by atoms with Crippen LogP contribution >= 0.6 is 0 Å². The molecule has 0 aliphatic rings. The van der Waals surface area contributed by atoms with Crippen molar-refractivity contribution in [1.29, 1.82) is 0 Å². The number of hydrogen-bond acceptors (Lipinski definition) is 6. The molecule has 0 fully saturated rings. The lowest BCUT2D eigenvalue weighted by Gasteiger charge is -2.25. The maximum atomic E-state index is 13.7. The van der Waals surface area contributed by atoms with Crippen molar-refractivity contribution in [2.45, 2.75) is 32.2 Å². The van der Waals surface area contributed by atoms with Crippen LogP contribution in [0.15, 0.2) is 121 Å². The molecule has 0 unspecified atom stereocenters. The Bertz CT molecular complexity index is 1470. The average molecular weight is 559 g/mol. The van der Waals surface area contributed by atoms with Crippen LogP contribution < -0.4 is 4.72 Å². The SMILES string of the molecule is O=C(OCc1ccccc1)[C@H](Cc1ccccc1)NS(=O)(=O)N(Cc1ccccc1)C(=O)OCc1ccccc1. The molecule has 0 saturated heterocycles. The number of nitrogens with one attached hydrogen (secondary N) is 1. The molecule has 8 nitrogen and oxygen atoms in total. The van der Waals surface area contributed by atoms with Crippen LogP contribution in [0.2, 0.25) is 0 Å². The quantitative estimate of drug-likeness (QED) is 0.245. The number of amides is 1. The van der Waals surface area contributed by atoms with Crippen molar-refractivity contribution in [2.75, 3.05) is 0 Å². The van der Waals surface area contributed by atoms with E-state index in [2.05, 4.69) is 4.72 Å². The minimum Gasteiger partial charge on any atom is -0.460 e. The largest absolute Gasteiger partial charge is 0.460 e. The molecule has 0 aliphatic carbocycles. The number of rotatable bonds is 12. The van der Waals surface area contributed by atoms with E-state index in [1.165, 1.54) is 0 Å². The lowest BCUT2D eigenvalue weighted by molar-refractivity contribution is -0.147. The van der Waals surface area contributed by atoms with Crippen molar-refractivity contribution in [1.82, 2.24) is 9.03 Å². The van der Waals surface area contributed by atoms with Crippen molar-refractivity contribution >= 4 is 22.3 Å². The molecule has 1 amide bonds. The molecule has 0 radical (unpaired) electrons. The summed E-state index contributed by atoms with van der Waals surface area (Å²) in [6, 6.07) is 34.3. The van der Waals surface area contributed by atoms with Gasteiger partial charge in [0.1, 0.15) is 19.3 Å². The standard InChI is InChI=1S/C31H30N2O6S/c34-30(38-23-27-17-9-3-10-18-27)29(21-25-13-5-1-6-14-25)32-40(36,37)33(22-26-15-7-2-8-16-26)31(35)39-24-28-19-11-4-12-20-28/h1-20,29,32H,21-24H2/t29-/m0/s1. The summed E-state index contributed by atoms with van der Waals surface area (Å²) in [6.07, 6.45) is -1.05. The van der Waals surface area contributed by atoms with Crippen molar-refractivity contribution in [3.8, 4) is 0 Å². The van der Waals surface area contributed by atoms with Gasteiger partial charge >= 0.3 is 22.3 Å². The Kier molecular flexibility index (Phi) is 10.0. The van der Waals surface area contributed by atoms with Gasteiger partial charge in [0.05, 0.1) is 6.54 Å². The highest BCUT2D eigenvalue weighted by molar-refractivity contribution is 7.87. The summed E-state index contributed by atoms with van der Waals surface area (Å²) in [4.78, 5) is 26.3. The van der Waals surface area contributed by atoms with E-state index in [0.717, 1.165) is 5.56 Å². The fourth-order valence-electron chi connectivity index (χ4n) is 3.88. The molecule has 0 spiro atoms. The Morgan fingerprint density at radius 3 is 1.55 bits per heavy atom. The van der Waals surface area contributed by atoms with E-state index in [1.807, 2.05) is 30.3 Å². The van der Waals surface area contributed by atoms with Gasteiger partial charge in [0.15, 0.2) is 0 Å². The van der Waals surface area contributed by atoms with Gasteiger partial charge in [0.25, 0.3) is 0 Å². The monoisotopic (exact) mass is 558 g/mol. The fraction of sp³-hybridized carbons (Fsp3) is 0.161. The second-order valence-corrected chi connectivity index (χ2v) is 10.6. The van der Waals surface area contributed by atoms with Gasteiger partial charge in [0.2, 0.25) is 0 Å². The molecule has 4 aromatic rings. The molecule has 0 aromatic heterocycles. The van der Waals surface area contributed by atoms with Crippen LogP contribution in [0.4, 0.5) is 4.79 Å². The Balaban J connectivity index is 1.56. The Morgan fingerprint density at radius 2 is 1.05 bits per heavy atom. The fourth-order valence-corrected chi connectivity index (χ4v) is 5.12. The third-order valence-electron chi connectivity index (χ3n) is 5.95. The highest BCUT2D eigenvalue weighted by atomic mass is 32.2. The summed E-state index contributed by atoms with van der Waals surface area (Å²) in [5, 5.41) is 0. The van der Waals surface area contributed by atoms with Crippen LogP contribution in [0.1, 0.15) is 22.3 Å². The molecular formula is C31H30N2O6S. The second-order valence-electron chi connectivity index (χ2n) is 8.99. The highest BCUT2D eigenvalue weighted by Crippen LogP contribution is 2.15. The number of benzene rings is 4. The molecule has 0 saturated carbocycles. The van der Waals surface area contributed by atoms with E-state index in [4.69, 9.17) is 9.47 Å². The van der Waals surface area contributed by atoms with Crippen molar-refractivity contribution in [3.63, 3.8) is 0 Å². The van der Waals surface area contributed by atoms with Gasteiger partial charge in [0, 0.05) is 0 Å². The lowest BCUT2D eigenvalue weighted by Crippen LogP contribution is -2.51. The molecule has 0 aliphatic heterocycles. The number of hydrogen-bond donors (Lipinski definition) is 1. The van der Waals surface area contributed by atoms with Crippen LogP contribution in [0, 0.1) is 0 Å². The first-order valence-corrected chi connectivity index (χ1v) is 14.1. The predicted octanol–water partition coefficient (Wildman–Crippen LogP) is 5.01. The summed E-state index contributed by atoms with van der Waals surface area (Å²) < 4.78 is 41.2. The normalized spacial score (nSPS) is 11.8. The smallest absolute Gasteiger partial charge is 0.425 e.